The minimum Gasteiger partial charge on any atom is -0.497 e. The van der Waals surface area contributed by atoms with Crippen molar-refractivity contribution in [3.05, 3.63) is 30.0 Å². The first-order valence-electron chi connectivity index (χ1n) is 6.99. The highest BCUT2D eigenvalue weighted by Crippen LogP contribution is 2.35. The van der Waals surface area contributed by atoms with Crippen LogP contribution in [0.4, 0.5) is 0 Å². The van der Waals surface area contributed by atoms with Crippen molar-refractivity contribution in [1.82, 2.24) is 4.98 Å². The Morgan fingerprint density at radius 1 is 1.19 bits per heavy atom. The second-order valence-corrected chi connectivity index (χ2v) is 4.92. The van der Waals surface area contributed by atoms with E-state index in [9.17, 15) is 10.2 Å². The summed E-state index contributed by atoms with van der Waals surface area (Å²) in [4.78, 5) is 4.30. The summed E-state index contributed by atoms with van der Waals surface area (Å²) in [6.45, 7) is 1.96. The number of aromatic nitrogens is 1. The van der Waals surface area contributed by atoms with Crippen molar-refractivity contribution in [2.75, 3.05) is 14.2 Å². The van der Waals surface area contributed by atoms with Gasteiger partial charge in [-0.05, 0) is 24.6 Å². The SMILES string of the molecule is CCCC(O)C(O)c1c(OC)cnc2ccc(OC)cc12. The van der Waals surface area contributed by atoms with Crippen LogP contribution in [0, 0.1) is 0 Å². The highest BCUT2D eigenvalue weighted by atomic mass is 16.5. The largest absolute Gasteiger partial charge is 0.497 e. The van der Waals surface area contributed by atoms with Gasteiger partial charge in [0.05, 0.1) is 32.0 Å². The first-order valence-corrected chi connectivity index (χ1v) is 6.99. The number of pyridine rings is 1. The van der Waals surface area contributed by atoms with Crippen molar-refractivity contribution in [2.24, 2.45) is 0 Å². The van der Waals surface area contributed by atoms with E-state index in [-0.39, 0.29) is 0 Å². The third kappa shape index (κ3) is 3.09. The summed E-state index contributed by atoms with van der Waals surface area (Å²) in [6, 6.07) is 5.42. The number of ether oxygens (including phenoxy) is 2. The molecule has 0 amide bonds. The summed E-state index contributed by atoms with van der Waals surface area (Å²) >= 11 is 0. The number of methoxy groups -OCH3 is 2. The second kappa shape index (κ2) is 6.74. The van der Waals surface area contributed by atoms with Gasteiger partial charge in [0.25, 0.3) is 0 Å². The van der Waals surface area contributed by atoms with E-state index >= 15 is 0 Å². The van der Waals surface area contributed by atoms with E-state index < -0.39 is 12.2 Å². The molecule has 0 aliphatic heterocycles. The zero-order chi connectivity index (χ0) is 15.4. The van der Waals surface area contributed by atoms with E-state index in [0.29, 0.717) is 29.0 Å². The van der Waals surface area contributed by atoms with Gasteiger partial charge >= 0.3 is 0 Å². The molecule has 0 spiro atoms. The Morgan fingerprint density at radius 3 is 2.57 bits per heavy atom. The predicted molar refractivity (Wildman–Crippen MR) is 80.7 cm³/mol. The van der Waals surface area contributed by atoms with Crippen molar-refractivity contribution in [2.45, 2.75) is 32.0 Å². The maximum Gasteiger partial charge on any atom is 0.143 e. The minimum absolute atomic E-state index is 0.457. The Balaban J connectivity index is 2.61. The zero-order valence-electron chi connectivity index (χ0n) is 12.5. The molecule has 2 atom stereocenters. The summed E-state index contributed by atoms with van der Waals surface area (Å²) in [5.41, 5.74) is 1.26. The van der Waals surface area contributed by atoms with Crippen molar-refractivity contribution in [1.29, 1.82) is 0 Å². The van der Waals surface area contributed by atoms with Crippen LogP contribution in [-0.4, -0.2) is 35.5 Å². The molecule has 5 heteroatoms. The van der Waals surface area contributed by atoms with Crippen molar-refractivity contribution in [3.63, 3.8) is 0 Å². The topological polar surface area (TPSA) is 71.8 Å². The van der Waals surface area contributed by atoms with Gasteiger partial charge in [-0.3, -0.25) is 4.98 Å². The molecule has 2 rings (SSSR count). The monoisotopic (exact) mass is 291 g/mol. The molecule has 0 radical (unpaired) electrons. The molecule has 0 fully saturated rings. The van der Waals surface area contributed by atoms with Gasteiger partial charge in [-0.25, -0.2) is 0 Å². The zero-order valence-corrected chi connectivity index (χ0v) is 12.5. The summed E-state index contributed by atoms with van der Waals surface area (Å²) in [5.74, 6) is 1.12. The highest BCUT2D eigenvalue weighted by Gasteiger charge is 2.24. The molecule has 5 nitrogen and oxygen atoms in total. The number of rotatable bonds is 6. The van der Waals surface area contributed by atoms with Gasteiger partial charge in [-0.1, -0.05) is 13.3 Å². The summed E-state index contributed by atoms with van der Waals surface area (Å²) in [6.07, 6.45) is 0.981. The Morgan fingerprint density at radius 2 is 1.95 bits per heavy atom. The molecule has 0 saturated carbocycles. The van der Waals surface area contributed by atoms with Gasteiger partial charge in [0, 0.05) is 10.9 Å². The molecular formula is C16H21NO4. The number of hydrogen-bond acceptors (Lipinski definition) is 5. The lowest BCUT2D eigenvalue weighted by molar-refractivity contribution is 0.0126. The van der Waals surface area contributed by atoms with Crippen LogP contribution in [0.5, 0.6) is 11.5 Å². The Bertz CT molecular complexity index is 609. The van der Waals surface area contributed by atoms with Crippen LogP contribution >= 0.6 is 0 Å². The normalized spacial score (nSPS) is 14.0. The van der Waals surface area contributed by atoms with E-state index in [2.05, 4.69) is 4.98 Å². The maximum atomic E-state index is 10.5. The summed E-state index contributed by atoms with van der Waals surface area (Å²) < 4.78 is 10.5. The summed E-state index contributed by atoms with van der Waals surface area (Å²) in [7, 11) is 3.10. The minimum atomic E-state index is -1.03. The fourth-order valence-corrected chi connectivity index (χ4v) is 2.41. The molecule has 0 bridgehead atoms. The lowest BCUT2D eigenvalue weighted by Crippen LogP contribution is -2.19. The predicted octanol–water partition coefficient (Wildman–Crippen LogP) is 2.45. The van der Waals surface area contributed by atoms with Gasteiger partial charge in [0.1, 0.15) is 17.6 Å². The van der Waals surface area contributed by atoms with E-state index in [1.807, 2.05) is 13.0 Å². The van der Waals surface area contributed by atoms with Crippen LogP contribution in [0.2, 0.25) is 0 Å². The standard InChI is InChI=1S/C16H21NO4/c1-4-5-13(18)16(19)15-11-8-10(20-2)6-7-12(11)17-9-14(15)21-3/h6-9,13,16,18-19H,4-5H2,1-3H3. The third-order valence-corrected chi connectivity index (χ3v) is 3.54. The number of nitrogens with zero attached hydrogens (tertiary/aromatic N) is 1. The Labute approximate surface area is 124 Å². The van der Waals surface area contributed by atoms with Gasteiger partial charge in [-0.15, -0.1) is 0 Å². The van der Waals surface area contributed by atoms with Gasteiger partial charge < -0.3 is 19.7 Å². The number of hydrogen-bond donors (Lipinski definition) is 2. The van der Waals surface area contributed by atoms with E-state index in [4.69, 9.17) is 9.47 Å². The average Bonchev–Trinajstić information content (AvgIpc) is 2.52. The second-order valence-electron chi connectivity index (χ2n) is 4.92. The first kappa shape index (κ1) is 15.5. The van der Waals surface area contributed by atoms with Gasteiger partial charge in [0.15, 0.2) is 0 Å². The molecule has 0 saturated heterocycles. The van der Waals surface area contributed by atoms with E-state index in [0.717, 1.165) is 11.8 Å². The molecule has 0 aliphatic carbocycles. The molecule has 1 heterocycles. The van der Waals surface area contributed by atoms with Crippen molar-refractivity contribution >= 4 is 10.9 Å². The third-order valence-electron chi connectivity index (χ3n) is 3.54. The molecular weight excluding hydrogens is 270 g/mol. The molecule has 114 valence electrons. The fourth-order valence-electron chi connectivity index (χ4n) is 2.41. The van der Waals surface area contributed by atoms with Gasteiger partial charge in [-0.2, -0.15) is 0 Å². The Hall–Kier alpha value is -1.85. The van der Waals surface area contributed by atoms with Crippen LogP contribution in [-0.2, 0) is 0 Å². The van der Waals surface area contributed by atoms with Crippen LogP contribution in [0.15, 0.2) is 24.4 Å². The number of benzene rings is 1. The molecule has 2 unspecified atom stereocenters. The van der Waals surface area contributed by atoms with Crippen molar-refractivity contribution < 1.29 is 19.7 Å². The van der Waals surface area contributed by atoms with E-state index in [1.165, 1.54) is 7.11 Å². The molecule has 2 N–H and O–H groups in total. The maximum absolute atomic E-state index is 10.5. The number of aliphatic hydroxyl groups is 2. The van der Waals surface area contributed by atoms with Crippen LogP contribution in [0.3, 0.4) is 0 Å². The van der Waals surface area contributed by atoms with Crippen molar-refractivity contribution in [3.8, 4) is 11.5 Å². The summed E-state index contributed by atoms with van der Waals surface area (Å²) in [5, 5.41) is 21.3. The quantitative estimate of drug-likeness (QED) is 0.855. The molecule has 2 aromatic rings. The lowest BCUT2D eigenvalue weighted by Gasteiger charge is -2.21. The molecule has 1 aromatic carbocycles. The van der Waals surface area contributed by atoms with Crippen LogP contribution in [0.25, 0.3) is 10.9 Å². The molecule has 1 aromatic heterocycles. The molecule has 0 aliphatic rings. The van der Waals surface area contributed by atoms with E-state index in [1.54, 1.807) is 25.4 Å². The molecule has 21 heavy (non-hydrogen) atoms. The average molecular weight is 291 g/mol. The number of aliphatic hydroxyl groups excluding tert-OH is 2. The smallest absolute Gasteiger partial charge is 0.143 e. The Kier molecular flexibility index (Phi) is 4.98. The fraction of sp³-hybridized carbons (Fsp3) is 0.438. The van der Waals surface area contributed by atoms with Gasteiger partial charge in [0.2, 0.25) is 0 Å². The van der Waals surface area contributed by atoms with Crippen LogP contribution < -0.4 is 9.47 Å². The highest BCUT2D eigenvalue weighted by molar-refractivity contribution is 5.86. The lowest BCUT2D eigenvalue weighted by atomic mass is 9.97. The first-order chi connectivity index (χ1) is 10.1. The van der Waals surface area contributed by atoms with Crippen LogP contribution in [0.1, 0.15) is 31.4 Å². The number of fused-ring (bicyclic) bond motifs is 1.